The maximum Gasteiger partial charge on any atom is 0.0887 e. The van der Waals surface area contributed by atoms with Crippen molar-refractivity contribution in [3.05, 3.63) is 48.0 Å². The maximum atomic E-state index is 5.97. The molecule has 4 heterocycles. The number of pyridine rings is 1. The van der Waals surface area contributed by atoms with Crippen molar-refractivity contribution in [3.63, 3.8) is 0 Å². The number of hydrogen-bond acceptors (Lipinski definition) is 5. The summed E-state index contributed by atoms with van der Waals surface area (Å²) in [5, 5.41) is 4.50. The third kappa shape index (κ3) is 4.45. The smallest absolute Gasteiger partial charge is 0.0887 e. The molecular weight excluding hydrogens is 316 g/mol. The highest BCUT2D eigenvalue weighted by atomic mass is 16.5. The fourth-order valence-electron chi connectivity index (χ4n) is 3.77. The van der Waals surface area contributed by atoms with E-state index in [1.807, 2.05) is 30.6 Å². The first-order chi connectivity index (χ1) is 12.4. The minimum absolute atomic E-state index is 0.437. The molecule has 0 aromatic carbocycles. The fourth-order valence-corrected chi connectivity index (χ4v) is 3.77. The molecule has 2 aromatic heterocycles. The summed E-state index contributed by atoms with van der Waals surface area (Å²) in [5.41, 5.74) is 2.28. The molecule has 2 atom stereocenters. The molecule has 6 nitrogen and oxygen atoms in total. The van der Waals surface area contributed by atoms with E-state index >= 15 is 0 Å². The molecule has 2 aliphatic rings. The van der Waals surface area contributed by atoms with Gasteiger partial charge >= 0.3 is 0 Å². The minimum Gasteiger partial charge on any atom is -0.381 e. The van der Waals surface area contributed by atoms with Crippen molar-refractivity contribution < 1.29 is 9.47 Å². The Morgan fingerprint density at radius 3 is 3.00 bits per heavy atom. The second kappa shape index (κ2) is 8.08. The topological polar surface area (TPSA) is 52.4 Å². The van der Waals surface area contributed by atoms with Crippen LogP contribution in [0, 0.1) is 11.8 Å². The van der Waals surface area contributed by atoms with Crippen molar-refractivity contribution in [1.82, 2.24) is 19.7 Å². The van der Waals surface area contributed by atoms with Crippen LogP contribution >= 0.6 is 0 Å². The second-order valence-electron chi connectivity index (χ2n) is 7.13. The number of nitrogens with zero attached hydrogens (tertiary/aromatic N) is 4. The minimum atomic E-state index is 0.437. The van der Waals surface area contributed by atoms with Crippen LogP contribution in [0.1, 0.15) is 17.8 Å². The highest BCUT2D eigenvalue weighted by Crippen LogP contribution is 2.20. The normalized spacial score (nSPS) is 24.2. The van der Waals surface area contributed by atoms with Crippen LogP contribution < -0.4 is 0 Å². The van der Waals surface area contributed by atoms with E-state index < -0.39 is 0 Å². The summed E-state index contributed by atoms with van der Waals surface area (Å²) in [5.74, 6) is 1.09. The Kier molecular flexibility index (Phi) is 5.40. The van der Waals surface area contributed by atoms with Crippen molar-refractivity contribution >= 4 is 0 Å². The van der Waals surface area contributed by atoms with Crippen LogP contribution in [-0.2, 0) is 29.2 Å². The van der Waals surface area contributed by atoms with Gasteiger partial charge < -0.3 is 9.47 Å². The van der Waals surface area contributed by atoms with Crippen molar-refractivity contribution in [1.29, 1.82) is 0 Å². The molecule has 2 aliphatic heterocycles. The van der Waals surface area contributed by atoms with Gasteiger partial charge in [0.2, 0.25) is 0 Å². The quantitative estimate of drug-likeness (QED) is 0.803. The van der Waals surface area contributed by atoms with E-state index in [-0.39, 0.29) is 0 Å². The molecule has 6 heteroatoms. The number of fused-ring (bicyclic) bond motifs is 1. The molecule has 4 rings (SSSR count). The lowest BCUT2D eigenvalue weighted by Gasteiger charge is -2.26. The third-order valence-corrected chi connectivity index (χ3v) is 5.01. The zero-order valence-electron chi connectivity index (χ0n) is 14.6. The van der Waals surface area contributed by atoms with Crippen molar-refractivity contribution in [2.45, 2.75) is 26.1 Å². The molecule has 2 aromatic rings. The monoisotopic (exact) mass is 342 g/mol. The van der Waals surface area contributed by atoms with Crippen molar-refractivity contribution in [2.75, 3.05) is 32.9 Å². The number of rotatable bonds is 6. The molecule has 0 saturated carbocycles. The van der Waals surface area contributed by atoms with Gasteiger partial charge in [0, 0.05) is 51.1 Å². The van der Waals surface area contributed by atoms with Gasteiger partial charge in [0.1, 0.15) is 0 Å². The Hall–Kier alpha value is -1.76. The lowest BCUT2D eigenvalue weighted by molar-refractivity contribution is 0.0619. The van der Waals surface area contributed by atoms with Crippen molar-refractivity contribution in [2.24, 2.45) is 11.8 Å². The van der Waals surface area contributed by atoms with E-state index in [4.69, 9.17) is 9.47 Å². The van der Waals surface area contributed by atoms with Gasteiger partial charge in [-0.25, -0.2) is 0 Å². The summed E-state index contributed by atoms with van der Waals surface area (Å²) >= 11 is 0. The molecule has 0 amide bonds. The summed E-state index contributed by atoms with van der Waals surface area (Å²) < 4.78 is 13.7. The summed E-state index contributed by atoms with van der Waals surface area (Å²) in [6.07, 6.45) is 4.89. The fraction of sp³-hybridized carbons (Fsp3) is 0.579. The van der Waals surface area contributed by atoms with E-state index in [1.165, 1.54) is 12.1 Å². The zero-order chi connectivity index (χ0) is 16.9. The highest BCUT2D eigenvalue weighted by molar-refractivity contribution is 5.03. The molecule has 134 valence electrons. The molecule has 0 radical (unpaired) electrons. The van der Waals surface area contributed by atoms with Gasteiger partial charge in [-0.2, -0.15) is 5.10 Å². The van der Waals surface area contributed by atoms with Gasteiger partial charge in [0.15, 0.2) is 0 Å². The van der Waals surface area contributed by atoms with E-state index in [0.717, 1.165) is 51.7 Å². The summed E-state index contributed by atoms with van der Waals surface area (Å²) in [6.45, 7) is 7.14. The highest BCUT2D eigenvalue weighted by Gasteiger charge is 2.26. The van der Waals surface area contributed by atoms with Gasteiger partial charge in [-0.15, -0.1) is 0 Å². The Balaban J connectivity index is 1.36. The Bertz CT molecular complexity index is 654. The molecule has 0 bridgehead atoms. The number of ether oxygens (including phenoxy) is 2. The van der Waals surface area contributed by atoms with Gasteiger partial charge in [0.25, 0.3) is 0 Å². The molecule has 0 spiro atoms. The van der Waals surface area contributed by atoms with Gasteiger partial charge in [-0.3, -0.25) is 14.6 Å². The Morgan fingerprint density at radius 1 is 1.16 bits per heavy atom. The summed E-state index contributed by atoms with van der Waals surface area (Å²) in [4.78, 5) is 6.87. The van der Waals surface area contributed by atoms with Crippen LogP contribution in [0.4, 0.5) is 0 Å². The lowest BCUT2D eigenvalue weighted by atomic mass is 10.1. The molecule has 1 fully saturated rings. The summed E-state index contributed by atoms with van der Waals surface area (Å²) in [7, 11) is 0. The average molecular weight is 342 g/mol. The zero-order valence-corrected chi connectivity index (χ0v) is 14.6. The van der Waals surface area contributed by atoms with Gasteiger partial charge in [-0.1, -0.05) is 6.07 Å². The van der Waals surface area contributed by atoms with E-state index in [0.29, 0.717) is 18.4 Å². The SMILES string of the molecule is c1ccc(COC[C@@H]2CN(C[C@H]3CCOC3)Cc3ccnn3C2)nc1. The second-order valence-corrected chi connectivity index (χ2v) is 7.13. The number of hydrogen-bond donors (Lipinski definition) is 0. The molecule has 0 unspecified atom stereocenters. The van der Waals surface area contributed by atoms with Crippen LogP contribution in [0.15, 0.2) is 36.7 Å². The lowest BCUT2D eigenvalue weighted by Crippen LogP contribution is -2.34. The number of aromatic nitrogens is 3. The Morgan fingerprint density at radius 2 is 2.16 bits per heavy atom. The van der Waals surface area contributed by atoms with Crippen molar-refractivity contribution in [3.8, 4) is 0 Å². The first-order valence-corrected chi connectivity index (χ1v) is 9.15. The third-order valence-electron chi connectivity index (χ3n) is 5.01. The molecule has 1 saturated heterocycles. The van der Waals surface area contributed by atoms with E-state index in [2.05, 4.69) is 25.7 Å². The van der Waals surface area contributed by atoms with Gasteiger partial charge in [-0.05, 0) is 30.5 Å². The first kappa shape index (κ1) is 16.7. The first-order valence-electron chi connectivity index (χ1n) is 9.15. The molecule has 0 N–H and O–H groups in total. The molecular formula is C19H26N4O2. The maximum absolute atomic E-state index is 5.97. The molecule has 25 heavy (non-hydrogen) atoms. The van der Waals surface area contributed by atoms with Crippen LogP contribution in [0.3, 0.4) is 0 Å². The van der Waals surface area contributed by atoms with E-state index in [9.17, 15) is 0 Å². The molecule has 0 aliphatic carbocycles. The van der Waals surface area contributed by atoms with Gasteiger partial charge in [0.05, 0.1) is 31.2 Å². The standard InChI is InChI=1S/C19H26N4O2/c1-2-6-20-18(3-1)15-25-14-17-10-22(9-16-5-8-24-13-16)12-19-4-7-21-23(19)11-17/h1-4,6-7,16-17H,5,8-15H2/t16-,17-/m1/s1. The predicted octanol–water partition coefficient (Wildman–Crippen LogP) is 1.96. The predicted molar refractivity (Wildman–Crippen MR) is 93.8 cm³/mol. The van der Waals surface area contributed by atoms with E-state index in [1.54, 1.807) is 0 Å². The van der Waals surface area contributed by atoms with Crippen LogP contribution in [0.25, 0.3) is 0 Å². The Labute approximate surface area is 148 Å². The average Bonchev–Trinajstić information content (AvgIpc) is 3.25. The summed E-state index contributed by atoms with van der Waals surface area (Å²) in [6, 6.07) is 8.07. The largest absolute Gasteiger partial charge is 0.381 e. The van der Waals surface area contributed by atoms with Crippen LogP contribution in [0.5, 0.6) is 0 Å². The van der Waals surface area contributed by atoms with Crippen LogP contribution in [0.2, 0.25) is 0 Å². The van der Waals surface area contributed by atoms with Crippen LogP contribution in [-0.4, -0.2) is 52.6 Å².